The molecular formula is C12H6Cl3NO2. The fourth-order valence-electron chi connectivity index (χ4n) is 1.46. The summed E-state index contributed by atoms with van der Waals surface area (Å²) in [5.74, 6) is -1.10. The Bertz CT molecular complexity index is 629. The zero-order valence-electron chi connectivity index (χ0n) is 8.82. The van der Waals surface area contributed by atoms with Crippen LogP contribution in [0.4, 0.5) is 0 Å². The molecule has 3 nitrogen and oxygen atoms in total. The molecule has 1 aromatic heterocycles. The molecule has 0 saturated carbocycles. The van der Waals surface area contributed by atoms with Crippen molar-refractivity contribution in [1.82, 2.24) is 4.98 Å². The minimum Gasteiger partial charge on any atom is -0.477 e. The number of aromatic nitrogens is 1. The average molecular weight is 303 g/mol. The van der Waals surface area contributed by atoms with Crippen molar-refractivity contribution < 1.29 is 9.90 Å². The number of carboxylic acid groups (broad SMARTS) is 1. The normalized spacial score (nSPS) is 10.4. The Morgan fingerprint density at radius 3 is 2.39 bits per heavy atom. The van der Waals surface area contributed by atoms with Gasteiger partial charge in [0.2, 0.25) is 0 Å². The van der Waals surface area contributed by atoms with Gasteiger partial charge in [0, 0.05) is 16.8 Å². The van der Waals surface area contributed by atoms with E-state index < -0.39 is 5.97 Å². The van der Waals surface area contributed by atoms with Crippen LogP contribution in [0, 0.1) is 0 Å². The minimum atomic E-state index is -1.10. The molecule has 1 aromatic carbocycles. The molecule has 0 unspecified atom stereocenters. The molecule has 1 N–H and O–H groups in total. The quantitative estimate of drug-likeness (QED) is 0.836. The maximum atomic E-state index is 10.8. The number of pyridine rings is 1. The molecule has 0 aliphatic carbocycles. The summed E-state index contributed by atoms with van der Waals surface area (Å²) in [7, 11) is 0. The van der Waals surface area contributed by atoms with Gasteiger partial charge in [-0.05, 0) is 29.8 Å². The Hall–Kier alpha value is -1.29. The first kappa shape index (κ1) is 13.1. The highest BCUT2D eigenvalue weighted by Crippen LogP contribution is 2.35. The van der Waals surface area contributed by atoms with Crippen molar-refractivity contribution in [3.05, 3.63) is 51.2 Å². The van der Waals surface area contributed by atoms with E-state index in [0.717, 1.165) is 0 Å². The van der Waals surface area contributed by atoms with Crippen LogP contribution < -0.4 is 0 Å². The van der Waals surface area contributed by atoms with E-state index in [2.05, 4.69) is 4.98 Å². The summed E-state index contributed by atoms with van der Waals surface area (Å²) in [5.41, 5.74) is 1.16. The summed E-state index contributed by atoms with van der Waals surface area (Å²) in [6.07, 6.45) is 1.40. The molecule has 6 heteroatoms. The molecular weight excluding hydrogens is 296 g/mol. The topological polar surface area (TPSA) is 50.2 Å². The van der Waals surface area contributed by atoms with Gasteiger partial charge in [0.15, 0.2) is 0 Å². The van der Waals surface area contributed by atoms with Crippen LogP contribution in [0.25, 0.3) is 11.1 Å². The van der Waals surface area contributed by atoms with Crippen LogP contribution in [0.15, 0.2) is 30.5 Å². The summed E-state index contributed by atoms with van der Waals surface area (Å²) in [6.45, 7) is 0. The third kappa shape index (κ3) is 2.58. The van der Waals surface area contributed by atoms with Gasteiger partial charge in [-0.1, -0.05) is 34.8 Å². The van der Waals surface area contributed by atoms with Crippen molar-refractivity contribution in [2.24, 2.45) is 0 Å². The van der Waals surface area contributed by atoms with E-state index in [9.17, 15) is 4.79 Å². The predicted molar refractivity (Wildman–Crippen MR) is 71.7 cm³/mol. The fourth-order valence-corrected chi connectivity index (χ4v) is 2.11. The van der Waals surface area contributed by atoms with E-state index in [1.54, 1.807) is 12.1 Å². The van der Waals surface area contributed by atoms with Gasteiger partial charge < -0.3 is 5.11 Å². The molecule has 2 aromatic rings. The Morgan fingerprint density at radius 2 is 1.72 bits per heavy atom. The number of benzene rings is 1. The zero-order chi connectivity index (χ0) is 13.3. The van der Waals surface area contributed by atoms with Gasteiger partial charge in [-0.2, -0.15) is 0 Å². The first-order chi connectivity index (χ1) is 8.49. The molecule has 0 fully saturated rings. The van der Waals surface area contributed by atoms with Crippen LogP contribution in [0.3, 0.4) is 0 Å². The highest BCUT2D eigenvalue weighted by atomic mass is 35.5. The molecule has 0 aliphatic rings. The number of nitrogens with zero attached hydrogens (tertiary/aromatic N) is 1. The highest BCUT2D eigenvalue weighted by molar-refractivity contribution is 6.44. The maximum absolute atomic E-state index is 10.8. The Kier molecular flexibility index (Phi) is 3.76. The van der Waals surface area contributed by atoms with Gasteiger partial charge in [0.05, 0.1) is 10.0 Å². The van der Waals surface area contributed by atoms with Gasteiger partial charge in [-0.25, -0.2) is 9.78 Å². The third-order valence-electron chi connectivity index (χ3n) is 2.30. The molecule has 2 rings (SSSR count). The molecule has 0 radical (unpaired) electrons. The van der Waals surface area contributed by atoms with Crippen LogP contribution in [0.5, 0.6) is 0 Å². The van der Waals surface area contributed by atoms with Gasteiger partial charge in [-0.15, -0.1) is 0 Å². The number of rotatable bonds is 2. The van der Waals surface area contributed by atoms with Gasteiger partial charge in [0.25, 0.3) is 0 Å². The summed E-state index contributed by atoms with van der Waals surface area (Å²) < 4.78 is 0. The summed E-state index contributed by atoms with van der Waals surface area (Å²) in [4.78, 5) is 14.6. The number of aromatic carboxylic acids is 1. The minimum absolute atomic E-state index is 0.0605. The second-order valence-electron chi connectivity index (χ2n) is 3.48. The summed E-state index contributed by atoms with van der Waals surface area (Å²) in [6, 6.07) is 6.18. The summed E-state index contributed by atoms with van der Waals surface area (Å²) in [5, 5.41) is 9.97. The fraction of sp³-hybridized carbons (Fsp3) is 0. The molecule has 18 heavy (non-hydrogen) atoms. The van der Waals surface area contributed by atoms with Crippen molar-refractivity contribution >= 4 is 40.8 Å². The largest absolute Gasteiger partial charge is 0.477 e. The molecule has 92 valence electrons. The lowest BCUT2D eigenvalue weighted by molar-refractivity contribution is 0.0690. The Labute approximate surface area is 118 Å². The van der Waals surface area contributed by atoms with E-state index in [1.165, 1.54) is 18.3 Å². The lowest BCUT2D eigenvalue weighted by atomic mass is 10.1. The second-order valence-corrected chi connectivity index (χ2v) is 4.70. The average Bonchev–Trinajstić information content (AvgIpc) is 2.34. The smallest absolute Gasteiger partial charge is 0.354 e. The maximum Gasteiger partial charge on any atom is 0.354 e. The van der Waals surface area contributed by atoms with Crippen molar-refractivity contribution in [2.75, 3.05) is 0 Å². The third-order valence-corrected chi connectivity index (χ3v) is 3.33. The van der Waals surface area contributed by atoms with Crippen LogP contribution >= 0.6 is 34.8 Å². The number of carboxylic acids is 1. The monoisotopic (exact) mass is 301 g/mol. The first-order valence-electron chi connectivity index (χ1n) is 4.83. The molecule has 0 bridgehead atoms. The van der Waals surface area contributed by atoms with Gasteiger partial charge in [0.1, 0.15) is 5.69 Å². The number of hydrogen-bond acceptors (Lipinski definition) is 2. The molecule has 0 aliphatic heterocycles. The second kappa shape index (κ2) is 5.14. The number of hydrogen-bond donors (Lipinski definition) is 1. The molecule has 0 spiro atoms. The lowest BCUT2D eigenvalue weighted by Crippen LogP contribution is -1.99. The molecule has 0 saturated heterocycles. The Balaban J connectivity index is 2.58. The summed E-state index contributed by atoms with van der Waals surface area (Å²) >= 11 is 17.8. The highest BCUT2D eigenvalue weighted by Gasteiger charge is 2.11. The standard InChI is InChI=1S/C12H6Cl3NO2/c13-8-5-10(15)9(14)4-7(8)6-1-2-16-11(3-6)12(17)18/h1-5H,(H,17,18). The van der Waals surface area contributed by atoms with Crippen LogP contribution in [0.1, 0.15) is 10.5 Å². The van der Waals surface area contributed by atoms with Gasteiger partial charge in [-0.3, -0.25) is 0 Å². The van der Waals surface area contributed by atoms with Crippen LogP contribution in [-0.4, -0.2) is 16.1 Å². The van der Waals surface area contributed by atoms with Crippen LogP contribution in [0.2, 0.25) is 15.1 Å². The lowest BCUT2D eigenvalue weighted by Gasteiger charge is -2.07. The van der Waals surface area contributed by atoms with Crippen molar-refractivity contribution in [3.63, 3.8) is 0 Å². The van der Waals surface area contributed by atoms with Gasteiger partial charge >= 0.3 is 5.97 Å². The van der Waals surface area contributed by atoms with E-state index in [0.29, 0.717) is 26.2 Å². The first-order valence-corrected chi connectivity index (χ1v) is 5.96. The van der Waals surface area contributed by atoms with Crippen LogP contribution in [-0.2, 0) is 0 Å². The SMILES string of the molecule is O=C(O)c1cc(-c2cc(Cl)c(Cl)cc2Cl)ccn1. The molecule has 1 heterocycles. The van der Waals surface area contributed by atoms with Crippen molar-refractivity contribution in [2.45, 2.75) is 0 Å². The molecule has 0 amide bonds. The van der Waals surface area contributed by atoms with E-state index in [-0.39, 0.29) is 5.69 Å². The van der Waals surface area contributed by atoms with E-state index in [1.807, 2.05) is 0 Å². The number of halogens is 3. The van der Waals surface area contributed by atoms with E-state index >= 15 is 0 Å². The van der Waals surface area contributed by atoms with E-state index in [4.69, 9.17) is 39.9 Å². The Morgan fingerprint density at radius 1 is 1.06 bits per heavy atom. The van der Waals surface area contributed by atoms with Crippen molar-refractivity contribution in [1.29, 1.82) is 0 Å². The zero-order valence-corrected chi connectivity index (χ0v) is 11.1. The molecule has 0 atom stereocenters. The predicted octanol–water partition coefficient (Wildman–Crippen LogP) is 4.41. The van der Waals surface area contributed by atoms with Crippen molar-refractivity contribution in [3.8, 4) is 11.1 Å². The number of carbonyl (C=O) groups is 1.